The lowest BCUT2D eigenvalue weighted by Crippen LogP contribution is -2.48. The van der Waals surface area contributed by atoms with Gasteiger partial charge in [0, 0.05) is 109 Å². The summed E-state index contributed by atoms with van der Waals surface area (Å²) < 4.78 is 114. The number of hydrogen-bond donors (Lipinski definition) is 2. The van der Waals surface area contributed by atoms with E-state index in [-0.39, 0.29) is 48.9 Å². The lowest BCUT2D eigenvalue weighted by atomic mass is 9.66. The minimum Gasteiger partial charge on any atom is -0.378 e. The zero-order chi connectivity index (χ0) is 102. The van der Waals surface area contributed by atoms with Crippen molar-refractivity contribution in [3.63, 3.8) is 0 Å². The van der Waals surface area contributed by atoms with Crippen LogP contribution in [0.2, 0.25) is 0 Å². The normalized spacial score (nSPS) is 32.3. The lowest BCUT2D eigenvalue weighted by Gasteiger charge is -2.42. The number of likely N-dealkylation sites (N-methyl/N-ethyl adjacent to an activating group) is 1. The predicted octanol–water partition coefficient (Wildman–Crippen LogP) is 24.8. The van der Waals surface area contributed by atoms with Crippen LogP contribution in [0.25, 0.3) is 0 Å². The van der Waals surface area contributed by atoms with Gasteiger partial charge in [-0.25, -0.2) is 22.0 Å². The average Bonchev–Trinajstić information content (AvgIpc) is 1.63. The minimum atomic E-state index is -4.05. The van der Waals surface area contributed by atoms with Gasteiger partial charge in [0.2, 0.25) is 0 Å². The van der Waals surface area contributed by atoms with Gasteiger partial charge < -0.3 is 54.4 Å². The van der Waals surface area contributed by atoms with E-state index in [2.05, 4.69) is 272 Å². The molecule has 0 spiro atoms. The summed E-state index contributed by atoms with van der Waals surface area (Å²) in [5.41, 5.74) is 0.314. The first-order valence-electron chi connectivity index (χ1n) is 53.1. The molecule has 0 radical (unpaired) electrons. The fraction of sp³-hybridized carbons (Fsp3) is 1.00. The van der Waals surface area contributed by atoms with Crippen LogP contribution in [0.5, 0.6) is 0 Å². The molecule has 0 aromatic rings. The smallest absolute Gasteiger partial charge is 0.378 e. The number of rotatable bonds is 15. The van der Waals surface area contributed by atoms with Crippen LogP contribution in [-0.2, 0) is 9.47 Å². The Morgan fingerprint density at radius 1 is 0.421 bits per heavy atom. The molecule has 13 aliphatic rings. The highest BCUT2D eigenvalue weighted by Gasteiger charge is 2.58. The molecule has 13 aliphatic heterocycles. The topological polar surface area (TPSA) is 74.9 Å². The Balaban J connectivity index is 0.000000727. The summed E-state index contributed by atoms with van der Waals surface area (Å²) in [4.78, 5) is 22.0. The van der Waals surface area contributed by atoms with E-state index in [1.807, 2.05) is 41.9 Å². The Labute approximate surface area is 820 Å². The third-order valence-electron chi connectivity index (χ3n) is 35.6. The number of likely N-dealkylation sites (tertiary alicyclic amines) is 10. The van der Waals surface area contributed by atoms with Gasteiger partial charge >= 0.3 is 6.18 Å². The largest absolute Gasteiger partial charge is 0.401 e. The van der Waals surface area contributed by atoms with Gasteiger partial charge in [-0.3, -0.25) is 14.7 Å². The number of hydrogen-bond acceptors (Lipinski definition) is 14. The highest BCUT2D eigenvalue weighted by molar-refractivity contribution is 5.04. The average molecular weight is 1910 g/mol. The van der Waals surface area contributed by atoms with Crippen molar-refractivity contribution in [2.24, 2.45) is 114 Å². The van der Waals surface area contributed by atoms with E-state index in [4.69, 9.17) is 9.47 Å². The first-order valence-corrected chi connectivity index (χ1v) is 53.1. The van der Waals surface area contributed by atoms with Gasteiger partial charge in [0.25, 0.3) is 5.92 Å². The van der Waals surface area contributed by atoms with Crippen molar-refractivity contribution in [2.75, 3.05) is 233 Å². The molecule has 798 valence electrons. The third-order valence-corrected chi connectivity index (χ3v) is 35.6. The first kappa shape index (κ1) is 130. The molecule has 12 unspecified atom stereocenters. The molecule has 0 saturated carbocycles. The van der Waals surface area contributed by atoms with Crippen molar-refractivity contribution in [1.82, 2.24) is 59.6 Å². The first-order chi connectivity index (χ1) is 60.1. The Bertz CT molecular complexity index is 3030. The number of methoxy groups -OCH3 is 1. The predicted molar refractivity (Wildman–Crippen MR) is 559 cm³/mol. The number of nitrogens with zero attached hydrogens (tertiary/aromatic N) is 10. The molecule has 12 atom stereocenters. The van der Waals surface area contributed by atoms with Gasteiger partial charge in [0.05, 0.1) is 37.9 Å². The Morgan fingerprint density at radius 2 is 0.895 bits per heavy atom. The summed E-state index contributed by atoms with van der Waals surface area (Å²) in [6.07, 6.45) is 12.0. The summed E-state index contributed by atoms with van der Waals surface area (Å²) in [5, 5.41) is 6.88. The van der Waals surface area contributed by atoms with Gasteiger partial charge in [-0.15, -0.1) is 0 Å². The molecule has 13 fully saturated rings. The molecule has 2 N–H and O–H groups in total. The molecule has 22 heteroatoms. The summed E-state index contributed by atoms with van der Waals surface area (Å²) in [6.45, 7) is 98.1. The van der Waals surface area contributed by atoms with E-state index >= 15 is 0 Å². The van der Waals surface area contributed by atoms with Gasteiger partial charge in [0.15, 0.2) is 0 Å². The quantitative estimate of drug-likeness (QED) is 0.153. The van der Waals surface area contributed by atoms with Crippen molar-refractivity contribution in [2.45, 2.75) is 373 Å². The molecule has 133 heavy (non-hydrogen) atoms. The highest BCUT2D eigenvalue weighted by Crippen LogP contribution is 2.50. The van der Waals surface area contributed by atoms with E-state index in [0.29, 0.717) is 95.3 Å². The minimum absolute atomic E-state index is 0. The maximum Gasteiger partial charge on any atom is 0.401 e. The van der Waals surface area contributed by atoms with E-state index < -0.39 is 35.4 Å². The summed E-state index contributed by atoms with van der Waals surface area (Å²) in [6, 6.07) is 2.36. The third kappa shape index (κ3) is 41.9. The maximum atomic E-state index is 14.1. The van der Waals surface area contributed by atoms with Gasteiger partial charge in [-0.2, -0.15) is 13.2 Å². The van der Waals surface area contributed by atoms with Gasteiger partial charge in [0.1, 0.15) is 18.0 Å². The zero-order valence-corrected chi connectivity index (χ0v) is 94.7. The Morgan fingerprint density at radius 3 is 1.14 bits per heavy atom. The second-order valence-corrected chi connectivity index (χ2v) is 52.4. The summed E-state index contributed by atoms with van der Waals surface area (Å²) in [7, 11) is 16.5. The van der Waals surface area contributed by atoms with Crippen LogP contribution in [0.3, 0.4) is 0 Å². The van der Waals surface area contributed by atoms with Gasteiger partial charge in [-0.05, 0) is 315 Å². The molecular formula is C111H226F8N12O2. The molecule has 0 amide bonds. The molecule has 13 saturated heterocycles. The van der Waals surface area contributed by atoms with Crippen molar-refractivity contribution < 1.29 is 44.6 Å². The van der Waals surface area contributed by atoms with Crippen molar-refractivity contribution in [3.8, 4) is 0 Å². The molecule has 0 aromatic heterocycles. The van der Waals surface area contributed by atoms with Crippen LogP contribution in [0.15, 0.2) is 0 Å². The highest BCUT2D eigenvalue weighted by atomic mass is 19.4. The van der Waals surface area contributed by atoms with Crippen molar-refractivity contribution in [1.29, 1.82) is 0 Å². The van der Waals surface area contributed by atoms with Crippen LogP contribution >= 0.6 is 0 Å². The molecular weight excluding hydrogens is 1690 g/mol. The molecule has 0 bridgehead atoms. The standard InChI is InChI=1S/C11H22FN.C11H21NO.C10H18F3N.C10H20FN.C9H17F2N.C9H19NO.2C9H19N.C8H16FN.3C8H17N.CH4/c1-9(2)11(10(3,4)12)6-7-13(5)8-11;1-9(2)11(3)4-5-12(8-11)10-6-13-7-10;1-8(2)9(3)4-5-14(6-9)7-10(11,12)13;1-9(2)10(3)4-6-12(8-10)7-5-11;1-7(2)8(3)5-12(4)6-9(8,10)11;1-8(2)9(11-4)5-6-10(3)7-9;1-9(2,3)8-5-6-10(4)7-8;1-8(2)9(3)5-6-10(4)7-9;1-7(2)8(9)4-5-10(3)6-8;1-8(2,3)7-4-5-9-6-7;1-8(2,3)7-5-4-6-9-7;1-7(2)8-5-4-6-9(8)3;/h9H,6-8H2,1-5H3;9-10H,4-8H2,1-3H3;8H,4-7H2,1-3H3;9H,4-8H2,1-3H3;7H,5-6H2,1-4H3;8H,5-7H2,1-4H3;2*8H,5-7H2,1-4H3;7H,4-6H2,1-3H3;2*7,9H,4-6H2,1-3H3;7-8H,4-6H2,1-3H3;1H4. The van der Waals surface area contributed by atoms with Gasteiger partial charge in [-0.1, -0.05) is 229 Å². The van der Waals surface area contributed by atoms with Crippen LogP contribution in [-0.4, -0.2) is 330 Å². The Kier molecular flexibility index (Phi) is 54.5. The molecule has 13 rings (SSSR count). The van der Waals surface area contributed by atoms with E-state index in [1.165, 1.54) is 141 Å². The van der Waals surface area contributed by atoms with Crippen LogP contribution in [0.4, 0.5) is 35.1 Å². The SMILES string of the molecule is C.CC(C)(C)C1CCCN1.CC(C)(C)C1CCNC1.CC(C)C1(C(C)(C)F)CCN(C)C1.CC(C)C1(C)CCN(C)C1.CC(C)C1(C)CCN(C2COC2)C1.CC(C)C1(C)CCN(CC(F)(F)F)C1.CC(C)C1(C)CCN(CCF)C1.CC(C)C1(C)CN(C)CC1(F)F.CC(C)C1(F)CCN(C)C1.CC(C)C1CCCN1C.CN1CCC(C(C)(C)C)C1.COC1(C(C)C)CCN(C)C1. The number of alkyl halides is 8. The maximum absolute atomic E-state index is 14.1. The molecule has 0 aromatic carbocycles. The second-order valence-electron chi connectivity index (χ2n) is 52.4. The number of ether oxygens (including phenoxy) is 2. The van der Waals surface area contributed by atoms with Crippen LogP contribution in [0, 0.1) is 114 Å². The van der Waals surface area contributed by atoms with Crippen LogP contribution < -0.4 is 10.6 Å². The Hall–Kier alpha value is -1.12. The fourth-order valence-electron chi connectivity index (χ4n) is 21.8. The lowest BCUT2D eigenvalue weighted by molar-refractivity contribution is -0.144. The second kappa shape index (κ2) is 55.8. The van der Waals surface area contributed by atoms with Crippen molar-refractivity contribution >= 4 is 0 Å². The van der Waals surface area contributed by atoms with E-state index in [0.717, 1.165) is 113 Å². The number of halogens is 8. The van der Waals surface area contributed by atoms with Crippen LogP contribution in [0.1, 0.15) is 326 Å². The van der Waals surface area contributed by atoms with Crippen molar-refractivity contribution in [3.05, 3.63) is 0 Å². The molecule has 13 heterocycles. The monoisotopic (exact) mass is 1910 g/mol. The molecule has 14 nitrogen and oxygen atoms in total. The zero-order valence-electron chi connectivity index (χ0n) is 94.7. The van der Waals surface area contributed by atoms with E-state index in [9.17, 15) is 35.1 Å². The van der Waals surface area contributed by atoms with E-state index in [1.54, 1.807) is 32.7 Å². The summed E-state index contributed by atoms with van der Waals surface area (Å²) >= 11 is 0. The molecule has 0 aliphatic carbocycles. The number of nitrogens with one attached hydrogen (secondary N) is 2. The fourth-order valence-corrected chi connectivity index (χ4v) is 21.8. The summed E-state index contributed by atoms with van der Waals surface area (Å²) in [5.74, 6) is 4.15.